The zero-order valence-corrected chi connectivity index (χ0v) is 13.9. The first-order valence-electron chi connectivity index (χ1n) is 8.62. The molecule has 3 aliphatic rings. The molecule has 2 aromatic carbocycles. The Morgan fingerprint density at radius 2 is 1.21 bits per heavy atom. The van der Waals surface area contributed by atoms with Crippen LogP contribution in [0.5, 0.6) is 11.5 Å². The van der Waals surface area contributed by atoms with Crippen molar-refractivity contribution in [3.8, 4) is 11.5 Å². The van der Waals surface area contributed by atoms with Crippen LogP contribution in [0.25, 0.3) is 0 Å². The molecule has 2 aliphatic heterocycles. The van der Waals surface area contributed by atoms with Crippen LogP contribution < -0.4 is 10.6 Å². The van der Waals surface area contributed by atoms with Crippen LogP contribution in [0.4, 0.5) is 11.4 Å². The molecule has 0 saturated heterocycles. The second-order valence-electron chi connectivity index (χ2n) is 8.02. The SMILES string of the molecule is C[C@]12C[C@H](c3cccc(O)c3N1)[C@@H]1C[C@@]2(C)Nc2c(O)cccc21. The number of nitrogens with one attached hydrogen (secondary N) is 2. The summed E-state index contributed by atoms with van der Waals surface area (Å²) in [6.45, 7) is 4.45. The summed E-state index contributed by atoms with van der Waals surface area (Å²) in [5, 5.41) is 28.0. The van der Waals surface area contributed by atoms with Crippen LogP contribution in [0.15, 0.2) is 36.4 Å². The second-order valence-corrected chi connectivity index (χ2v) is 8.02. The van der Waals surface area contributed by atoms with Gasteiger partial charge in [0.1, 0.15) is 11.5 Å². The number of aromatic hydroxyl groups is 2. The Balaban J connectivity index is 1.79. The van der Waals surface area contributed by atoms with Gasteiger partial charge in [0.25, 0.3) is 0 Å². The van der Waals surface area contributed by atoms with Gasteiger partial charge in [0, 0.05) is 0 Å². The number of para-hydroxylation sites is 2. The topological polar surface area (TPSA) is 64.5 Å². The highest BCUT2D eigenvalue weighted by Crippen LogP contribution is 2.62. The highest BCUT2D eigenvalue weighted by atomic mass is 16.3. The van der Waals surface area contributed by atoms with Gasteiger partial charge in [-0.3, -0.25) is 0 Å². The predicted octanol–water partition coefficient (Wildman–Crippen LogP) is 4.13. The number of benzene rings is 2. The number of hydrogen-bond donors (Lipinski definition) is 4. The van der Waals surface area contributed by atoms with Crippen molar-refractivity contribution in [1.82, 2.24) is 0 Å². The molecule has 0 spiro atoms. The Hall–Kier alpha value is -2.36. The van der Waals surface area contributed by atoms with Crippen LogP contribution in [0.3, 0.4) is 0 Å². The van der Waals surface area contributed by atoms with E-state index in [0.717, 1.165) is 24.2 Å². The van der Waals surface area contributed by atoms with E-state index in [-0.39, 0.29) is 11.1 Å². The van der Waals surface area contributed by atoms with E-state index < -0.39 is 0 Å². The average Bonchev–Trinajstić information content (AvgIpc) is 2.55. The van der Waals surface area contributed by atoms with Crippen LogP contribution in [0.2, 0.25) is 0 Å². The van der Waals surface area contributed by atoms with E-state index >= 15 is 0 Å². The molecule has 4 N–H and O–H groups in total. The van der Waals surface area contributed by atoms with Crippen molar-refractivity contribution in [1.29, 1.82) is 0 Å². The average molecular weight is 322 g/mol. The summed E-state index contributed by atoms with van der Waals surface area (Å²) in [6, 6.07) is 11.6. The van der Waals surface area contributed by atoms with Crippen molar-refractivity contribution in [3.05, 3.63) is 47.5 Å². The van der Waals surface area contributed by atoms with Crippen molar-refractivity contribution in [3.63, 3.8) is 0 Å². The molecule has 1 fully saturated rings. The van der Waals surface area contributed by atoms with Crippen LogP contribution in [0, 0.1) is 0 Å². The van der Waals surface area contributed by atoms with E-state index in [1.807, 2.05) is 12.1 Å². The molecule has 0 aromatic heterocycles. The molecule has 4 nitrogen and oxygen atoms in total. The van der Waals surface area contributed by atoms with Gasteiger partial charge in [-0.15, -0.1) is 0 Å². The maximum absolute atomic E-state index is 10.4. The smallest absolute Gasteiger partial charge is 0.138 e. The summed E-state index contributed by atoms with van der Waals surface area (Å²) < 4.78 is 0. The van der Waals surface area contributed by atoms with Gasteiger partial charge in [0.2, 0.25) is 0 Å². The molecule has 1 saturated carbocycles. The standard InChI is InChI=1S/C20H22N2O2/c1-19-9-13(11-5-3-7-15(23)17(11)21-19)14-10-20(19,2)22-18-12(14)6-4-8-16(18)24/h3-8,13-14,21-24H,9-10H2,1-2H3/t13-,14-,19-,20-/m1/s1. The van der Waals surface area contributed by atoms with Gasteiger partial charge in [-0.1, -0.05) is 24.3 Å². The van der Waals surface area contributed by atoms with E-state index in [9.17, 15) is 10.2 Å². The first-order chi connectivity index (χ1) is 11.4. The van der Waals surface area contributed by atoms with Crippen molar-refractivity contribution >= 4 is 11.4 Å². The highest BCUT2D eigenvalue weighted by molar-refractivity contribution is 5.73. The third-order valence-corrected chi connectivity index (χ3v) is 6.71. The lowest BCUT2D eigenvalue weighted by atomic mass is 9.54. The van der Waals surface area contributed by atoms with Gasteiger partial charge >= 0.3 is 0 Å². The lowest BCUT2D eigenvalue weighted by Crippen LogP contribution is -2.67. The molecule has 4 bridgehead atoms. The molecule has 2 aromatic rings. The van der Waals surface area contributed by atoms with Crippen LogP contribution in [0.1, 0.15) is 49.7 Å². The summed E-state index contributed by atoms with van der Waals surface area (Å²) in [6.07, 6.45) is 2.01. The van der Waals surface area contributed by atoms with E-state index in [1.165, 1.54) is 11.1 Å². The minimum absolute atomic E-state index is 0.194. The lowest BCUT2D eigenvalue weighted by molar-refractivity contribution is 0.163. The summed E-state index contributed by atoms with van der Waals surface area (Å²) in [5.41, 5.74) is 3.74. The van der Waals surface area contributed by atoms with Gasteiger partial charge in [0.15, 0.2) is 0 Å². The molecule has 24 heavy (non-hydrogen) atoms. The minimum Gasteiger partial charge on any atom is -0.506 e. The quantitative estimate of drug-likeness (QED) is 0.551. The minimum atomic E-state index is -0.194. The van der Waals surface area contributed by atoms with Gasteiger partial charge in [-0.2, -0.15) is 0 Å². The van der Waals surface area contributed by atoms with Crippen LogP contribution in [-0.2, 0) is 0 Å². The molecule has 4 heteroatoms. The van der Waals surface area contributed by atoms with E-state index in [4.69, 9.17) is 0 Å². The largest absolute Gasteiger partial charge is 0.506 e. The van der Waals surface area contributed by atoms with Crippen molar-refractivity contribution in [2.24, 2.45) is 0 Å². The van der Waals surface area contributed by atoms with E-state index in [2.05, 4.69) is 36.6 Å². The molecule has 4 atom stereocenters. The fraction of sp³-hybridized carbons (Fsp3) is 0.400. The first kappa shape index (κ1) is 14.0. The summed E-state index contributed by atoms with van der Waals surface area (Å²) in [5.74, 6) is 1.33. The number of anilines is 2. The summed E-state index contributed by atoms with van der Waals surface area (Å²) in [7, 11) is 0. The number of fused-ring (bicyclic) bond motifs is 10. The molecule has 0 amide bonds. The zero-order valence-electron chi connectivity index (χ0n) is 13.9. The summed E-state index contributed by atoms with van der Waals surface area (Å²) >= 11 is 0. The third kappa shape index (κ3) is 1.54. The number of rotatable bonds is 0. The zero-order chi connectivity index (χ0) is 16.7. The van der Waals surface area contributed by atoms with Crippen molar-refractivity contribution in [2.75, 3.05) is 10.6 Å². The molecule has 2 heterocycles. The van der Waals surface area contributed by atoms with Crippen molar-refractivity contribution in [2.45, 2.75) is 49.6 Å². The molecule has 0 unspecified atom stereocenters. The molecular formula is C20H22N2O2. The molecule has 5 rings (SSSR count). The van der Waals surface area contributed by atoms with Crippen LogP contribution >= 0.6 is 0 Å². The molecular weight excluding hydrogens is 300 g/mol. The van der Waals surface area contributed by atoms with E-state index in [0.29, 0.717) is 23.3 Å². The van der Waals surface area contributed by atoms with Crippen molar-refractivity contribution < 1.29 is 10.2 Å². The fourth-order valence-electron chi connectivity index (χ4n) is 5.20. The molecule has 1 aliphatic carbocycles. The Labute approximate surface area is 141 Å². The van der Waals surface area contributed by atoms with Gasteiger partial charge in [-0.25, -0.2) is 0 Å². The predicted molar refractivity (Wildman–Crippen MR) is 95.0 cm³/mol. The second kappa shape index (κ2) is 4.18. The maximum Gasteiger partial charge on any atom is 0.138 e. The molecule has 0 radical (unpaired) electrons. The Kier molecular flexibility index (Phi) is 2.44. The lowest BCUT2D eigenvalue weighted by Gasteiger charge is -2.61. The van der Waals surface area contributed by atoms with Gasteiger partial charge in [-0.05, 0) is 61.8 Å². The maximum atomic E-state index is 10.4. The van der Waals surface area contributed by atoms with E-state index in [1.54, 1.807) is 12.1 Å². The third-order valence-electron chi connectivity index (χ3n) is 6.71. The normalized spacial score (nSPS) is 35.2. The fourth-order valence-corrected chi connectivity index (χ4v) is 5.20. The Morgan fingerprint density at radius 1 is 0.792 bits per heavy atom. The van der Waals surface area contributed by atoms with Gasteiger partial charge < -0.3 is 20.8 Å². The van der Waals surface area contributed by atoms with Gasteiger partial charge in [0.05, 0.1) is 22.5 Å². The summed E-state index contributed by atoms with van der Waals surface area (Å²) in [4.78, 5) is 0. The Morgan fingerprint density at radius 3 is 1.62 bits per heavy atom. The molecule has 124 valence electrons. The Bertz CT molecular complexity index is 793. The number of phenolic OH excluding ortho intramolecular Hbond substituents is 2. The number of phenols is 2. The first-order valence-corrected chi connectivity index (χ1v) is 8.62. The number of hydrogen-bond acceptors (Lipinski definition) is 4. The highest BCUT2D eigenvalue weighted by Gasteiger charge is 2.58. The monoisotopic (exact) mass is 322 g/mol. The van der Waals surface area contributed by atoms with Crippen LogP contribution in [-0.4, -0.2) is 21.3 Å².